The zero-order valence-electron chi connectivity index (χ0n) is 11.7. The molecular formula is C13H21BrN4O2. The standard InChI is InChI=1S/C13H21BrN4O2/c1-17(9-10-2-4-15-5-3-10)11-8-16-18(6-7-19)13(20)12(11)14/h8,10,15,19H,2-7,9H2,1H3. The van der Waals surface area contributed by atoms with Crippen LogP contribution in [0.15, 0.2) is 15.5 Å². The second-order valence-corrected chi connectivity index (χ2v) is 5.96. The Morgan fingerprint density at radius 3 is 2.90 bits per heavy atom. The lowest BCUT2D eigenvalue weighted by Gasteiger charge is -2.29. The number of piperidine rings is 1. The highest BCUT2D eigenvalue weighted by Gasteiger charge is 2.18. The zero-order chi connectivity index (χ0) is 14.5. The molecule has 0 saturated carbocycles. The summed E-state index contributed by atoms with van der Waals surface area (Å²) in [6.45, 7) is 3.18. The Kier molecular flexibility index (Phi) is 5.56. The molecule has 0 atom stereocenters. The van der Waals surface area contributed by atoms with Gasteiger partial charge in [-0.3, -0.25) is 4.79 Å². The lowest BCUT2D eigenvalue weighted by atomic mass is 9.97. The van der Waals surface area contributed by atoms with Gasteiger partial charge in [-0.25, -0.2) is 4.68 Å². The Morgan fingerprint density at radius 1 is 1.55 bits per heavy atom. The summed E-state index contributed by atoms with van der Waals surface area (Å²) in [5, 5.41) is 16.4. The molecule has 1 aliphatic rings. The first-order chi connectivity index (χ1) is 9.63. The molecule has 1 aliphatic heterocycles. The van der Waals surface area contributed by atoms with Crippen molar-refractivity contribution in [2.75, 3.05) is 38.2 Å². The van der Waals surface area contributed by atoms with Gasteiger partial charge in [-0.1, -0.05) is 0 Å². The van der Waals surface area contributed by atoms with Crippen molar-refractivity contribution in [3.63, 3.8) is 0 Å². The Balaban J connectivity index is 2.11. The molecule has 0 amide bonds. The van der Waals surface area contributed by atoms with Gasteiger partial charge in [-0.15, -0.1) is 0 Å². The Labute approximate surface area is 126 Å². The SMILES string of the molecule is CN(CC1CCNCC1)c1cnn(CCO)c(=O)c1Br. The van der Waals surface area contributed by atoms with E-state index in [0.717, 1.165) is 38.2 Å². The summed E-state index contributed by atoms with van der Waals surface area (Å²) in [4.78, 5) is 14.2. The van der Waals surface area contributed by atoms with Crippen LogP contribution < -0.4 is 15.8 Å². The number of aliphatic hydroxyl groups is 1. The second kappa shape index (κ2) is 7.19. The summed E-state index contributed by atoms with van der Waals surface area (Å²) >= 11 is 3.36. The van der Waals surface area contributed by atoms with Crippen LogP contribution in [0.4, 0.5) is 5.69 Å². The average Bonchev–Trinajstić information content (AvgIpc) is 2.45. The van der Waals surface area contributed by atoms with Crippen LogP contribution in [-0.4, -0.2) is 48.2 Å². The summed E-state index contributed by atoms with van der Waals surface area (Å²) < 4.78 is 1.78. The molecule has 0 spiro atoms. The van der Waals surface area contributed by atoms with Crippen LogP contribution in [0.1, 0.15) is 12.8 Å². The van der Waals surface area contributed by atoms with E-state index in [4.69, 9.17) is 5.11 Å². The van der Waals surface area contributed by atoms with Crippen LogP contribution in [-0.2, 0) is 6.54 Å². The first kappa shape index (κ1) is 15.5. The quantitative estimate of drug-likeness (QED) is 0.810. The normalized spacial score (nSPS) is 16.4. The van der Waals surface area contributed by atoms with Crippen LogP contribution in [0.25, 0.3) is 0 Å². The molecule has 1 aromatic rings. The van der Waals surface area contributed by atoms with Gasteiger partial charge in [0.1, 0.15) is 4.47 Å². The first-order valence-electron chi connectivity index (χ1n) is 6.91. The van der Waals surface area contributed by atoms with E-state index < -0.39 is 0 Å². The molecule has 2 N–H and O–H groups in total. The fourth-order valence-electron chi connectivity index (χ4n) is 2.53. The summed E-state index contributed by atoms with van der Waals surface area (Å²) in [6.07, 6.45) is 4.01. The van der Waals surface area contributed by atoms with E-state index in [1.165, 1.54) is 4.68 Å². The minimum absolute atomic E-state index is 0.0936. The van der Waals surface area contributed by atoms with Gasteiger partial charge in [0.05, 0.1) is 25.0 Å². The number of nitrogens with zero attached hydrogens (tertiary/aromatic N) is 3. The summed E-state index contributed by atoms with van der Waals surface area (Å²) in [5.41, 5.74) is 0.608. The molecule has 0 unspecified atom stereocenters. The highest BCUT2D eigenvalue weighted by molar-refractivity contribution is 9.10. The summed E-state index contributed by atoms with van der Waals surface area (Å²) in [5.74, 6) is 0.646. The molecule has 0 aromatic carbocycles. The van der Waals surface area contributed by atoms with E-state index in [-0.39, 0.29) is 18.7 Å². The summed E-state index contributed by atoms with van der Waals surface area (Å²) in [6, 6.07) is 0. The van der Waals surface area contributed by atoms with Crippen molar-refractivity contribution in [2.45, 2.75) is 19.4 Å². The van der Waals surface area contributed by atoms with Gasteiger partial charge in [-0.05, 0) is 47.8 Å². The van der Waals surface area contributed by atoms with Crippen molar-refractivity contribution < 1.29 is 5.11 Å². The van der Waals surface area contributed by atoms with E-state index >= 15 is 0 Å². The molecular weight excluding hydrogens is 324 g/mol. The van der Waals surface area contributed by atoms with Gasteiger partial charge in [-0.2, -0.15) is 5.10 Å². The van der Waals surface area contributed by atoms with Crippen molar-refractivity contribution in [3.05, 3.63) is 21.0 Å². The number of aromatic nitrogens is 2. The number of nitrogens with one attached hydrogen (secondary N) is 1. The maximum absolute atomic E-state index is 12.1. The van der Waals surface area contributed by atoms with Crippen molar-refractivity contribution in [1.82, 2.24) is 15.1 Å². The molecule has 1 saturated heterocycles. The third-order valence-corrected chi connectivity index (χ3v) is 4.43. The third kappa shape index (κ3) is 3.59. The number of anilines is 1. The summed E-state index contributed by atoms with van der Waals surface area (Å²) in [7, 11) is 1.99. The molecule has 0 aliphatic carbocycles. The largest absolute Gasteiger partial charge is 0.394 e. The highest BCUT2D eigenvalue weighted by Crippen LogP contribution is 2.23. The van der Waals surface area contributed by atoms with Crippen molar-refractivity contribution in [1.29, 1.82) is 0 Å². The van der Waals surface area contributed by atoms with Crippen molar-refractivity contribution in [3.8, 4) is 0 Å². The van der Waals surface area contributed by atoms with Crippen LogP contribution in [0.5, 0.6) is 0 Å². The minimum atomic E-state index is -0.200. The lowest BCUT2D eigenvalue weighted by molar-refractivity contribution is 0.266. The molecule has 2 heterocycles. The monoisotopic (exact) mass is 344 g/mol. The van der Waals surface area contributed by atoms with E-state index in [9.17, 15) is 4.79 Å². The van der Waals surface area contributed by atoms with Gasteiger partial charge in [0, 0.05) is 13.6 Å². The van der Waals surface area contributed by atoms with Crippen molar-refractivity contribution >= 4 is 21.6 Å². The third-order valence-electron chi connectivity index (χ3n) is 3.68. The van der Waals surface area contributed by atoms with Gasteiger partial charge in [0.15, 0.2) is 0 Å². The van der Waals surface area contributed by atoms with E-state index in [0.29, 0.717) is 10.4 Å². The molecule has 0 radical (unpaired) electrons. The Morgan fingerprint density at radius 2 is 2.25 bits per heavy atom. The number of hydrogen-bond donors (Lipinski definition) is 2. The maximum atomic E-state index is 12.1. The Hall–Kier alpha value is -0.920. The van der Waals surface area contributed by atoms with Gasteiger partial charge >= 0.3 is 0 Å². The molecule has 6 nitrogen and oxygen atoms in total. The molecule has 112 valence electrons. The predicted octanol–water partition coefficient (Wildman–Crippen LogP) is 0.434. The molecule has 1 aromatic heterocycles. The number of halogens is 1. The highest BCUT2D eigenvalue weighted by atomic mass is 79.9. The van der Waals surface area contributed by atoms with Crippen LogP contribution in [0.2, 0.25) is 0 Å². The van der Waals surface area contributed by atoms with E-state index in [1.807, 2.05) is 7.05 Å². The molecule has 0 bridgehead atoms. The smallest absolute Gasteiger partial charge is 0.283 e. The maximum Gasteiger partial charge on any atom is 0.283 e. The Bertz CT molecular complexity index is 500. The van der Waals surface area contributed by atoms with Crippen LogP contribution >= 0.6 is 15.9 Å². The van der Waals surface area contributed by atoms with E-state index in [2.05, 4.69) is 31.2 Å². The molecule has 1 fully saturated rings. The van der Waals surface area contributed by atoms with E-state index in [1.54, 1.807) is 6.20 Å². The molecule has 7 heteroatoms. The minimum Gasteiger partial charge on any atom is -0.394 e. The van der Waals surface area contributed by atoms with Crippen LogP contribution in [0.3, 0.4) is 0 Å². The number of hydrogen-bond acceptors (Lipinski definition) is 5. The van der Waals surface area contributed by atoms with Gasteiger partial charge in [0.2, 0.25) is 0 Å². The molecule has 20 heavy (non-hydrogen) atoms. The second-order valence-electron chi connectivity index (χ2n) is 5.17. The lowest BCUT2D eigenvalue weighted by Crippen LogP contribution is -2.35. The average molecular weight is 345 g/mol. The van der Waals surface area contributed by atoms with Crippen LogP contribution in [0, 0.1) is 5.92 Å². The van der Waals surface area contributed by atoms with Gasteiger partial charge < -0.3 is 15.3 Å². The number of rotatable bonds is 5. The topological polar surface area (TPSA) is 70.4 Å². The first-order valence-corrected chi connectivity index (χ1v) is 7.71. The fraction of sp³-hybridized carbons (Fsp3) is 0.692. The number of aliphatic hydroxyl groups excluding tert-OH is 1. The van der Waals surface area contributed by atoms with Gasteiger partial charge in [0.25, 0.3) is 5.56 Å². The molecule has 2 rings (SSSR count). The predicted molar refractivity (Wildman–Crippen MR) is 82.1 cm³/mol. The fourth-order valence-corrected chi connectivity index (χ4v) is 3.14. The van der Waals surface area contributed by atoms with Crippen molar-refractivity contribution in [2.24, 2.45) is 5.92 Å². The zero-order valence-corrected chi connectivity index (χ0v) is 13.3.